The first-order chi connectivity index (χ1) is 9.18. The first-order valence-corrected chi connectivity index (χ1v) is 7.25. The fourth-order valence-corrected chi connectivity index (χ4v) is 2.42. The van der Waals surface area contributed by atoms with E-state index < -0.39 is 10.1 Å². The normalized spacial score (nSPS) is 11.8. The molecular formula is C15H14O3S. The second kappa shape index (κ2) is 6.31. The van der Waals surface area contributed by atoms with Crippen LogP contribution in [0.3, 0.4) is 0 Å². The maximum absolute atomic E-state index is 11.8. The summed E-state index contributed by atoms with van der Waals surface area (Å²) in [7, 11) is -3.67. The van der Waals surface area contributed by atoms with E-state index >= 15 is 0 Å². The molecule has 0 saturated heterocycles. The van der Waals surface area contributed by atoms with Gasteiger partial charge in [-0.15, -0.1) is 0 Å². The maximum atomic E-state index is 11.8. The Hall–Kier alpha value is -1.91. The summed E-state index contributed by atoms with van der Waals surface area (Å²) in [6.07, 6.45) is 3.50. The molecule has 0 heterocycles. The van der Waals surface area contributed by atoms with Crippen LogP contribution in [0.5, 0.6) is 0 Å². The number of benzene rings is 2. The second-order valence-corrected chi connectivity index (χ2v) is 5.48. The summed E-state index contributed by atoms with van der Waals surface area (Å²) >= 11 is 0. The highest BCUT2D eigenvalue weighted by Crippen LogP contribution is 2.11. The molecule has 0 unspecified atom stereocenters. The molecule has 19 heavy (non-hydrogen) atoms. The average molecular weight is 274 g/mol. The summed E-state index contributed by atoms with van der Waals surface area (Å²) < 4.78 is 28.5. The van der Waals surface area contributed by atoms with Crippen molar-refractivity contribution in [2.45, 2.75) is 4.90 Å². The van der Waals surface area contributed by atoms with E-state index in [1.807, 2.05) is 36.4 Å². The van der Waals surface area contributed by atoms with E-state index in [4.69, 9.17) is 4.18 Å². The van der Waals surface area contributed by atoms with Gasteiger partial charge in [0.05, 0.1) is 11.5 Å². The van der Waals surface area contributed by atoms with E-state index in [0.717, 1.165) is 5.56 Å². The van der Waals surface area contributed by atoms with Crippen molar-refractivity contribution in [2.24, 2.45) is 0 Å². The van der Waals surface area contributed by atoms with Crippen LogP contribution in [-0.4, -0.2) is 15.0 Å². The van der Waals surface area contributed by atoms with Crippen molar-refractivity contribution in [1.82, 2.24) is 0 Å². The van der Waals surface area contributed by atoms with Crippen molar-refractivity contribution < 1.29 is 12.6 Å². The predicted molar refractivity (Wildman–Crippen MR) is 75.1 cm³/mol. The van der Waals surface area contributed by atoms with Gasteiger partial charge in [0.15, 0.2) is 0 Å². The molecule has 0 aromatic heterocycles. The van der Waals surface area contributed by atoms with Gasteiger partial charge in [0, 0.05) is 0 Å². The van der Waals surface area contributed by atoms with Crippen LogP contribution in [0.15, 0.2) is 71.6 Å². The summed E-state index contributed by atoms with van der Waals surface area (Å²) in [5.41, 5.74) is 1.00. The molecule has 0 aliphatic rings. The molecule has 0 atom stereocenters. The Morgan fingerprint density at radius 3 is 2.11 bits per heavy atom. The molecule has 98 valence electrons. The van der Waals surface area contributed by atoms with Crippen LogP contribution in [0.2, 0.25) is 0 Å². The van der Waals surface area contributed by atoms with Crippen LogP contribution in [0.1, 0.15) is 5.56 Å². The van der Waals surface area contributed by atoms with Crippen molar-refractivity contribution in [1.29, 1.82) is 0 Å². The van der Waals surface area contributed by atoms with Gasteiger partial charge in [-0.2, -0.15) is 8.42 Å². The zero-order chi connectivity index (χ0) is 13.6. The van der Waals surface area contributed by atoms with Crippen molar-refractivity contribution in [2.75, 3.05) is 6.61 Å². The average Bonchev–Trinajstić information content (AvgIpc) is 2.46. The molecule has 2 aromatic carbocycles. The zero-order valence-electron chi connectivity index (χ0n) is 10.3. The molecule has 0 saturated carbocycles. The van der Waals surface area contributed by atoms with Crippen molar-refractivity contribution in [3.63, 3.8) is 0 Å². The van der Waals surface area contributed by atoms with Gasteiger partial charge in [-0.25, -0.2) is 0 Å². The lowest BCUT2D eigenvalue weighted by molar-refractivity contribution is 0.357. The SMILES string of the molecule is O=S(=O)(OC/C=C/c1ccccc1)c1ccccc1. The molecule has 0 N–H and O–H groups in total. The molecule has 4 heteroatoms. The molecule has 0 aliphatic carbocycles. The number of hydrogen-bond donors (Lipinski definition) is 0. The molecular weight excluding hydrogens is 260 g/mol. The fraction of sp³-hybridized carbons (Fsp3) is 0.0667. The summed E-state index contributed by atoms with van der Waals surface area (Å²) in [6.45, 7) is 0.0200. The van der Waals surface area contributed by atoms with Gasteiger partial charge >= 0.3 is 0 Å². The summed E-state index contributed by atoms with van der Waals surface area (Å²) in [4.78, 5) is 0.170. The number of rotatable bonds is 5. The topological polar surface area (TPSA) is 43.4 Å². The minimum absolute atomic E-state index is 0.0200. The third kappa shape index (κ3) is 4.05. The Kier molecular flexibility index (Phi) is 4.49. The van der Waals surface area contributed by atoms with Crippen LogP contribution >= 0.6 is 0 Å². The molecule has 3 nitrogen and oxygen atoms in total. The first-order valence-electron chi connectivity index (χ1n) is 5.84. The zero-order valence-corrected chi connectivity index (χ0v) is 11.1. The third-order valence-electron chi connectivity index (χ3n) is 2.46. The van der Waals surface area contributed by atoms with Crippen molar-refractivity contribution >= 4 is 16.2 Å². The molecule has 0 spiro atoms. The van der Waals surface area contributed by atoms with Crippen LogP contribution in [0.25, 0.3) is 6.08 Å². The van der Waals surface area contributed by atoms with Gasteiger partial charge in [0.2, 0.25) is 0 Å². The van der Waals surface area contributed by atoms with E-state index in [-0.39, 0.29) is 11.5 Å². The van der Waals surface area contributed by atoms with Gasteiger partial charge in [0.25, 0.3) is 10.1 Å². The molecule has 0 bridgehead atoms. The van der Waals surface area contributed by atoms with E-state index in [0.29, 0.717) is 0 Å². The highest BCUT2D eigenvalue weighted by molar-refractivity contribution is 7.86. The first kappa shape index (κ1) is 13.5. The van der Waals surface area contributed by atoms with Gasteiger partial charge in [-0.3, -0.25) is 4.18 Å². The second-order valence-electron chi connectivity index (χ2n) is 3.86. The predicted octanol–water partition coefficient (Wildman–Crippen LogP) is 3.11. The van der Waals surface area contributed by atoms with Gasteiger partial charge in [0.1, 0.15) is 0 Å². The lowest BCUT2D eigenvalue weighted by Gasteiger charge is -2.02. The quantitative estimate of drug-likeness (QED) is 0.787. The van der Waals surface area contributed by atoms with Gasteiger partial charge in [-0.05, 0) is 17.7 Å². The Balaban J connectivity index is 1.95. The van der Waals surface area contributed by atoms with Crippen LogP contribution < -0.4 is 0 Å². The van der Waals surface area contributed by atoms with E-state index in [1.165, 1.54) is 12.1 Å². The van der Waals surface area contributed by atoms with Crippen LogP contribution in [-0.2, 0) is 14.3 Å². The summed E-state index contributed by atoms with van der Waals surface area (Å²) in [5, 5.41) is 0. The Morgan fingerprint density at radius 1 is 0.895 bits per heavy atom. The largest absolute Gasteiger partial charge is 0.297 e. The number of hydrogen-bond acceptors (Lipinski definition) is 3. The maximum Gasteiger partial charge on any atom is 0.297 e. The molecule has 2 rings (SSSR count). The molecule has 2 aromatic rings. The highest BCUT2D eigenvalue weighted by Gasteiger charge is 2.12. The monoisotopic (exact) mass is 274 g/mol. The lowest BCUT2D eigenvalue weighted by atomic mass is 10.2. The van der Waals surface area contributed by atoms with E-state index in [1.54, 1.807) is 24.3 Å². The van der Waals surface area contributed by atoms with E-state index in [2.05, 4.69) is 0 Å². The smallest absolute Gasteiger partial charge is 0.262 e. The highest BCUT2D eigenvalue weighted by atomic mass is 32.2. The Bertz CT molecular complexity index is 632. The minimum Gasteiger partial charge on any atom is -0.262 e. The molecule has 0 fully saturated rings. The third-order valence-corrected chi connectivity index (χ3v) is 3.76. The van der Waals surface area contributed by atoms with Crippen molar-refractivity contribution in [3.05, 3.63) is 72.3 Å². The van der Waals surface area contributed by atoms with Crippen LogP contribution in [0.4, 0.5) is 0 Å². The standard InChI is InChI=1S/C15H14O3S/c16-19(17,15-11-5-2-6-12-15)18-13-7-10-14-8-3-1-4-9-14/h1-12H,13H2/b10-7+. The summed E-state index contributed by atoms with van der Waals surface area (Å²) in [5.74, 6) is 0. The van der Waals surface area contributed by atoms with Gasteiger partial charge < -0.3 is 0 Å². The Labute approximate surface area is 113 Å². The molecule has 0 aliphatic heterocycles. The van der Waals surface area contributed by atoms with Crippen molar-refractivity contribution in [3.8, 4) is 0 Å². The van der Waals surface area contributed by atoms with Crippen LogP contribution in [0, 0.1) is 0 Å². The van der Waals surface area contributed by atoms with E-state index in [9.17, 15) is 8.42 Å². The molecule has 0 radical (unpaired) electrons. The fourth-order valence-electron chi connectivity index (χ4n) is 1.53. The molecule has 0 amide bonds. The minimum atomic E-state index is -3.67. The lowest BCUT2D eigenvalue weighted by Crippen LogP contribution is -2.06. The van der Waals surface area contributed by atoms with Gasteiger partial charge in [-0.1, -0.05) is 60.7 Å². The Morgan fingerprint density at radius 2 is 1.47 bits per heavy atom. The summed E-state index contributed by atoms with van der Waals surface area (Å²) in [6, 6.07) is 17.7.